The quantitative estimate of drug-likeness (QED) is 0.636. The van der Waals surface area contributed by atoms with Crippen LogP contribution in [0.25, 0.3) is 0 Å². The van der Waals surface area contributed by atoms with E-state index in [1.54, 1.807) is 0 Å². The van der Waals surface area contributed by atoms with Gasteiger partial charge in [-0.1, -0.05) is 6.92 Å². The molecule has 2 aliphatic heterocycles. The Kier molecular flexibility index (Phi) is 8.55. The van der Waals surface area contributed by atoms with Crippen molar-refractivity contribution >= 4 is 11.9 Å². The zero-order valence-electron chi connectivity index (χ0n) is 20.5. The van der Waals surface area contributed by atoms with Gasteiger partial charge in [0.05, 0.1) is 6.61 Å². The molecule has 1 amide bonds. The van der Waals surface area contributed by atoms with E-state index >= 15 is 0 Å². The van der Waals surface area contributed by atoms with Crippen molar-refractivity contribution in [1.29, 1.82) is 0 Å². The Morgan fingerprint density at radius 3 is 2.94 bits per heavy atom. The van der Waals surface area contributed by atoms with E-state index in [0.29, 0.717) is 36.2 Å². The summed E-state index contributed by atoms with van der Waals surface area (Å²) in [6.07, 6.45) is 7.84. The Morgan fingerprint density at radius 2 is 2.12 bits per heavy atom. The molecule has 8 heteroatoms. The van der Waals surface area contributed by atoms with Gasteiger partial charge in [-0.3, -0.25) is 14.6 Å². The summed E-state index contributed by atoms with van der Waals surface area (Å²) < 4.78 is 5.57. The summed E-state index contributed by atoms with van der Waals surface area (Å²) in [6, 6.07) is 0.531. The smallest absolute Gasteiger partial charge is 0.222 e. The Bertz CT molecular complexity index is 782. The normalized spacial score (nSPS) is 26.3. The van der Waals surface area contributed by atoms with Gasteiger partial charge < -0.3 is 15.4 Å². The Morgan fingerprint density at radius 1 is 1.24 bits per heavy atom. The Labute approximate surface area is 198 Å². The molecule has 2 N–H and O–H groups in total. The van der Waals surface area contributed by atoms with Crippen molar-refractivity contribution in [2.45, 2.75) is 58.4 Å². The lowest BCUT2D eigenvalue weighted by Crippen LogP contribution is -2.53. The lowest BCUT2D eigenvalue weighted by atomic mass is 9.73. The molecule has 1 aromatic heterocycles. The molecule has 0 saturated carbocycles. The number of rotatable bonds is 8. The van der Waals surface area contributed by atoms with Crippen molar-refractivity contribution in [2.75, 3.05) is 64.8 Å². The van der Waals surface area contributed by atoms with Crippen LogP contribution in [0.2, 0.25) is 0 Å². The van der Waals surface area contributed by atoms with Crippen molar-refractivity contribution in [2.24, 2.45) is 11.8 Å². The number of aromatic nitrogens is 2. The zero-order chi connectivity index (χ0) is 23.2. The first kappa shape index (κ1) is 24.4. The van der Waals surface area contributed by atoms with Gasteiger partial charge in [0.2, 0.25) is 11.9 Å². The molecule has 0 unspecified atom stereocenters. The minimum atomic E-state index is 0.311. The van der Waals surface area contributed by atoms with Crippen LogP contribution in [-0.4, -0.2) is 95.6 Å². The molecule has 0 aromatic carbocycles. The number of fused-ring (bicyclic) bond motifs is 2. The molecule has 33 heavy (non-hydrogen) atoms. The molecule has 3 atom stereocenters. The molecule has 184 valence electrons. The fourth-order valence-electron chi connectivity index (χ4n) is 6.03. The lowest BCUT2D eigenvalue weighted by molar-refractivity contribution is -0.133. The predicted molar refractivity (Wildman–Crippen MR) is 130 cm³/mol. The van der Waals surface area contributed by atoms with E-state index in [4.69, 9.17) is 10.5 Å². The van der Waals surface area contributed by atoms with Gasteiger partial charge in [0, 0.05) is 70.2 Å². The topological polar surface area (TPSA) is 87.8 Å². The highest BCUT2D eigenvalue weighted by Crippen LogP contribution is 2.37. The number of hydrogen-bond acceptors (Lipinski definition) is 7. The molecule has 0 bridgehead atoms. The third-order valence-electron chi connectivity index (χ3n) is 7.71. The van der Waals surface area contributed by atoms with Gasteiger partial charge in [0.25, 0.3) is 0 Å². The number of ether oxygens (including phenoxy) is 1. The fraction of sp³-hybridized carbons (Fsp3) is 0.800. The second kappa shape index (κ2) is 11.6. The number of piperidine rings is 1. The van der Waals surface area contributed by atoms with Crippen LogP contribution in [0.1, 0.15) is 50.8 Å². The van der Waals surface area contributed by atoms with Crippen molar-refractivity contribution < 1.29 is 9.53 Å². The minimum Gasteiger partial charge on any atom is -0.380 e. The SMILES string of the molecule is CCCN1C[C@@H](CC(=O)N(CC)CCN2CCCOCC2)C[C@@H]2Cc3nc(N)ncc3C[C@H]21. The highest BCUT2D eigenvalue weighted by molar-refractivity contribution is 5.76. The standard InChI is InChI=1S/C25H42N6O2/c1-3-6-31-18-19(13-20-15-22-21(16-23(20)31)17-27-25(26)28-22)14-24(32)30(4-2)9-8-29-7-5-11-33-12-10-29/h17,19-20,23H,3-16,18H2,1-2H3,(H2,26,27,28)/t19-,20-,23-/m1/s1. The van der Waals surface area contributed by atoms with Crippen LogP contribution in [0, 0.1) is 11.8 Å². The maximum Gasteiger partial charge on any atom is 0.222 e. The van der Waals surface area contributed by atoms with Crippen LogP contribution < -0.4 is 5.73 Å². The summed E-state index contributed by atoms with van der Waals surface area (Å²) in [5, 5.41) is 0. The molecule has 2 saturated heterocycles. The molecular formula is C25H42N6O2. The van der Waals surface area contributed by atoms with Gasteiger partial charge in [-0.25, -0.2) is 9.97 Å². The average molecular weight is 459 g/mol. The van der Waals surface area contributed by atoms with Crippen molar-refractivity contribution in [3.8, 4) is 0 Å². The lowest BCUT2D eigenvalue weighted by Gasteiger charge is -2.47. The highest BCUT2D eigenvalue weighted by Gasteiger charge is 2.40. The summed E-state index contributed by atoms with van der Waals surface area (Å²) in [7, 11) is 0. The molecule has 1 aliphatic carbocycles. The van der Waals surface area contributed by atoms with E-state index in [1.165, 1.54) is 5.56 Å². The van der Waals surface area contributed by atoms with E-state index in [-0.39, 0.29) is 0 Å². The minimum absolute atomic E-state index is 0.311. The number of nitrogens with zero attached hydrogens (tertiary/aromatic N) is 5. The maximum atomic E-state index is 13.3. The van der Waals surface area contributed by atoms with Gasteiger partial charge in [0.1, 0.15) is 0 Å². The van der Waals surface area contributed by atoms with Gasteiger partial charge in [-0.2, -0.15) is 0 Å². The van der Waals surface area contributed by atoms with Gasteiger partial charge in [-0.15, -0.1) is 0 Å². The van der Waals surface area contributed by atoms with Crippen molar-refractivity contribution in [1.82, 2.24) is 24.7 Å². The molecule has 2 fully saturated rings. The van der Waals surface area contributed by atoms with Gasteiger partial charge in [-0.05, 0) is 63.0 Å². The van der Waals surface area contributed by atoms with E-state index in [0.717, 1.165) is 96.8 Å². The van der Waals surface area contributed by atoms with E-state index in [1.807, 2.05) is 6.20 Å². The monoisotopic (exact) mass is 458 g/mol. The van der Waals surface area contributed by atoms with Crippen LogP contribution in [0.15, 0.2) is 6.20 Å². The number of carbonyl (C=O) groups excluding carboxylic acids is 1. The Balaban J connectivity index is 1.36. The largest absolute Gasteiger partial charge is 0.380 e. The number of likely N-dealkylation sites (N-methyl/N-ethyl adjacent to an activating group) is 1. The van der Waals surface area contributed by atoms with Crippen molar-refractivity contribution in [3.63, 3.8) is 0 Å². The number of hydrogen-bond donors (Lipinski definition) is 1. The molecule has 8 nitrogen and oxygen atoms in total. The number of anilines is 1. The molecule has 4 rings (SSSR count). The molecule has 0 spiro atoms. The van der Waals surface area contributed by atoms with Gasteiger partial charge in [0.15, 0.2) is 0 Å². The van der Waals surface area contributed by atoms with Crippen LogP contribution in [0.3, 0.4) is 0 Å². The summed E-state index contributed by atoms with van der Waals surface area (Å²) >= 11 is 0. The van der Waals surface area contributed by atoms with E-state index in [2.05, 4.69) is 38.5 Å². The number of likely N-dealkylation sites (tertiary alicyclic amines) is 1. The third kappa shape index (κ3) is 6.22. The number of nitrogens with two attached hydrogens (primary N) is 1. The molecule has 0 radical (unpaired) electrons. The maximum absolute atomic E-state index is 13.3. The number of nitrogen functional groups attached to an aromatic ring is 1. The van der Waals surface area contributed by atoms with E-state index in [9.17, 15) is 4.79 Å². The second-order valence-corrected chi connectivity index (χ2v) is 10.0. The summed E-state index contributed by atoms with van der Waals surface area (Å²) in [5.74, 6) is 1.63. The van der Waals surface area contributed by atoms with E-state index < -0.39 is 0 Å². The van der Waals surface area contributed by atoms with Crippen LogP contribution in [0.5, 0.6) is 0 Å². The molecular weight excluding hydrogens is 416 g/mol. The molecule has 3 heterocycles. The molecule has 1 aromatic rings. The summed E-state index contributed by atoms with van der Waals surface area (Å²) in [6.45, 7) is 12.7. The van der Waals surface area contributed by atoms with Crippen LogP contribution in [0.4, 0.5) is 5.95 Å². The first-order chi connectivity index (χ1) is 16.1. The zero-order valence-corrected chi connectivity index (χ0v) is 20.5. The number of carbonyl (C=O) groups is 1. The average Bonchev–Trinajstić information content (AvgIpc) is 3.07. The summed E-state index contributed by atoms with van der Waals surface area (Å²) in [5.41, 5.74) is 8.23. The predicted octanol–water partition coefficient (Wildman–Crippen LogP) is 1.84. The summed E-state index contributed by atoms with van der Waals surface area (Å²) in [4.78, 5) is 29.2. The fourth-order valence-corrected chi connectivity index (χ4v) is 6.03. The van der Waals surface area contributed by atoms with Crippen LogP contribution >= 0.6 is 0 Å². The van der Waals surface area contributed by atoms with Crippen LogP contribution in [-0.2, 0) is 22.4 Å². The van der Waals surface area contributed by atoms with Gasteiger partial charge >= 0.3 is 0 Å². The first-order valence-corrected chi connectivity index (χ1v) is 13.0. The molecule has 3 aliphatic rings. The van der Waals surface area contributed by atoms with Crippen molar-refractivity contribution in [3.05, 3.63) is 17.5 Å². The second-order valence-electron chi connectivity index (χ2n) is 10.0. The number of amides is 1. The Hall–Kier alpha value is -1.77. The highest BCUT2D eigenvalue weighted by atomic mass is 16.5. The first-order valence-electron chi connectivity index (χ1n) is 13.0. The third-order valence-corrected chi connectivity index (χ3v) is 7.71.